The van der Waals surface area contributed by atoms with Crippen molar-refractivity contribution in [2.24, 2.45) is 5.73 Å². The number of benzene rings is 1. The monoisotopic (exact) mass is 254 g/mol. The van der Waals surface area contributed by atoms with Gasteiger partial charge in [-0.25, -0.2) is 4.39 Å². The molecule has 0 aliphatic heterocycles. The quantitative estimate of drug-likeness (QED) is 0.878. The molecule has 0 heterocycles. The Kier molecular flexibility index (Phi) is 5.11. The van der Waals surface area contributed by atoms with Crippen LogP contribution in [0.15, 0.2) is 12.1 Å². The molecule has 0 radical (unpaired) electrons. The molecule has 2 atom stereocenters. The van der Waals surface area contributed by atoms with Crippen LogP contribution in [0.5, 0.6) is 0 Å². The van der Waals surface area contributed by atoms with Crippen molar-refractivity contribution in [1.29, 1.82) is 0 Å². The first kappa shape index (κ1) is 14.9. The van der Waals surface area contributed by atoms with E-state index in [-0.39, 0.29) is 17.9 Å². The van der Waals surface area contributed by atoms with Gasteiger partial charge in [-0.1, -0.05) is 0 Å². The van der Waals surface area contributed by atoms with E-state index in [0.29, 0.717) is 12.2 Å². The highest BCUT2D eigenvalue weighted by atomic mass is 19.1. The Balaban J connectivity index is 3.17. The Labute approximate surface area is 109 Å². The summed E-state index contributed by atoms with van der Waals surface area (Å²) < 4.78 is 18.8. The smallest absolute Gasteiger partial charge is 0.126 e. The largest absolute Gasteiger partial charge is 0.383 e. The van der Waals surface area contributed by atoms with Crippen LogP contribution in [0.3, 0.4) is 0 Å². The van der Waals surface area contributed by atoms with Gasteiger partial charge < -0.3 is 15.4 Å². The molecular formula is C14H23FN2O. The van der Waals surface area contributed by atoms with Crippen LogP contribution >= 0.6 is 0 Å². The molecule has 1 rings (SSSR count). The van der Waals surface area contributed by atoms with Gasteiger partial charge >= 0.3 is 0 Å². The van der Waals surface area contributed by atoms with Crippen LogP contribution in [-0.4, -0.2) is 26.8 Å². The number of hydrogen-bond acceptors (Lipinski definition) is 3. The highest BCUT2D eigenvalue weighted by Crippen LogP contribution is 2.28. The van der Waals surface area contributed by atoms with E-state index in [1.165, 1.54) is 6.07 Å². The molecule has 1 aromatic carbocycles. The lowest BCUT2D eigenvalue weighted by atomic mass is 10.0. The van der Waals surface area contributed by atoms with Gasteiger partial charge in [-0.3, -0.25) is 0 Å². The zero-order valence-corrected chi connectivity index (χ0v) is 11.8. The molecule has 0 fully saturated rings. The van der Waals surface area contributed by atoms with Gasteiger partial charge in [-0.2, -0.15) is 0 Å². The number of ether oxygens (including phenoxy) is 1. The molecule has 18 heavy (non-hydrogen) atoms. The second-order valence-electron chi connectivity index (χ2n) is 4.86. The summed E-state index contributed by atoms with van der Waals surface area (Å²) in [5.41, 5.74) is 8.34. The average molecular weight is 254 g/mol. The van der Waals surface area contributed by atoms with Crippen LogP contribution in [0.4, 0.5) is 10.1 Å². The lowest BCUT2D eigenvalue weighted by molar-refractivity contribution is 0.183. The number of nitrogens with two attached hydrogens (primary N) is 1. The first-order valence-corrected chi connectivity index (χ1v) is 6.15. The maximum Gasteiger partial charge on any atom is 0.126 e. The molecule has 0 saturated carbocycles. The van der Waals surface area contributed by atoms with Crippen molar-refractivity contribution in [1.82, 2.24) is 0 Å². The van der Waals surface area contributed by atoms with Crippen molar-refractivity contribution in [3.63, 3.8) is 0 Å². The number of hydrogen-bond donors (Lipinski definition) is 1. The summed E-state index contributed by atoms with van der Waals surface area (Å²) in [6.45, 7) is 6.31. The minimum Gasteiger partial charge on any atom is -0.383 e. The minimum atomic E-state index is -0.209. The number of anilines is 1. The molecular weight excluding hydrogens is 231 g/mol. The predicted molar refractivity (Wildman–Crippen MR) is 73.5 cm³/mol. The summed E-state index contributed by atoms with van der Waals surface area (Å²) >= 11 is 0. The predicted octanol–water partition coefficient (Wildman–Crippen LogP) is 2.62. The number of methoxy groups -OCH3 is 1. The lowest BCUT2D eigenvalue weighted by Gasteiger charge is -2.30. The standard InChI is InChI=1S/C14H23FN2O/c1-9-6-14(17(4)10(2)8-18-5)12(11(3)16)7-13(9)15/h6-7,10-11H,8,16H2,1-5H3/t10?,11-/m1/s1. The maximum absolute atomic E-state index is 13.6. The van der Waals surface area contributed by atoms with Crippen molar-refractivity contribution < 1.29 is 9.13 Å². The number of halogens is 1. The molecule has 3 nitrogen and oxygen atoms in total. The van der Waals surface area contributed by atoms with E-state index in [0.717, 1.165) is 11.3 Å². The first-order valence-electron chi connectivity index (χ1n) is 6.15. The molecule has 0 amide bonds. The van der Waals surface area contributed by atoms with Crippen LogP contribution in [0.25, 0.3) is 0 Å². The van der Waals surface area contributed by atoms with E-state index >= 15 is 0 Å². The van der Waals surface area contributed by atoms with Crippen molar-refractivity contribution in [3.8, 4) is 0 Å². The topological polar surface area (TPSA) is 38.5 Å². The van der Waals surface area contributed by atoms with Crippen molar-refractivity contribution >= 4 is 5.69 Å². The molecule has 0 aliphatic carbocycles. The fraction of sp³-hybridized carbons (Fsp3) is 0.571. The Bertz CT molecular complexity index is 407. The molecule has 0 spiro atoms. The van der Waals surface area contributed by atoms with Crippen LogP contribution in [0.1, 0.15) is 31.0 Å². The Hall–Kier alpha value is -1.13. The van der Waals surface area contributed by atoms with E-state index in [1.807, 2.05) is 20.0 Å². The molecule has 0 aromatic heterocycles. The van der Waals surface area contributed by atoms with E-state index < -0.39 is 0 Å². The number of nitrogens with zero attached hydrogens (tertiary/aromatic N) is 1. The SMILES string of the molecule is COCC(C)N(C)c1cc(C)c(F)cc1[C@@H](C)N. The summed E-state index contributed by atoms with van der Waals surface area (Å²) in [5.74, 6) is -0.209. The first-order chi connectivity index (χ1) is 8.38. The molecule has 0 saturated heterocycles. The molecule has 2 N–H and O–H groups in total. The van der Waals surface area contributed by atoms with E-state index in [2.05, 4.69) is 11.8 Å². The van der Waals surface area contributed by atoms with E-state index in [1.54, 1.807) is 14.0 Å². The highest BCUT2D eigenvalue weighted by Gasteiger charge is 2.17. The summed E-state index contributed by atoms with van der Waals surface area (Å²) in [4.78, 5) is 2.08. The van der Waals surface area contributed by atoms with Gasteiger partial charge in [0.1, 0.15) is 5.82 Å². The molecule has 1 aromatic rings. The normalized spacial score (nSPS) is 14.4. The molecule has 1 unspecified atom stereocenters. The molecule has 0 aliphatic rings. The molecule has 102 valence electrons. The third kappa shape index (κ3) is 3.21. The Morgan fingerprint density at radius 3 is 2.50 bits per heavy atom. The Morgan fingerprint density at radius 2 is 2.00 bits per heavy atom. The third-order valence-corrected chi connectivity index (χ3v) is 3.25. The van der Waals surface area contributed by atoms with Gasteiger partial charge in [0.15, 0.2) is 0 Å². The maximum atomic E-state index is 13.6. The lowest BCUT2D eigenvalue weighted by Crippen LogP contribution is -2.34. The van der Waals surface area contributed by atoms with E-state index in [4.69, 9.17) is 10.5 Å². The van der Waals surface area contributed by atoms with Crippen molar-refractivity contribution in [2.75, 3.05) is 25.7 Å². The summed E-state index contributed by atoms with van der Waals surface area (Å²) in [6, 6.07) is 3.38. The van der Waals surface area contributed by atoms with Gasteiger partial charge in [0.05, 0.1) is 6.61 Å². The third-order valence-electron chi connectivity index (χ3n) is 3.25. The van der Waals surface area contributed by atoms with Gasteiger partial charge in [-0.05, 0) is 44.0 Å². The fourth-order valence-corrected chi connectivity index (χ4v) is 1.94. The minimum absolute atomic E-state index is 0.202. The van der Waals surface area contributed by atoms with Crippen LogP contribution in [-0.2, 0) is 4.74 Å². The molecule has 0 bridgehead atoms. The zero-order chi connectivity index (χ0) is 13.9. The number of aryl methyl sites for hydroxylation is 1. The number of likely N-dealkylation sites (N-methyl/N-ethyl adjacent to an activating group) is 1. The number of rotatable bonds is 5. The van der Waals surface area contributed by atoms with Gasteiger partial charge in [0.2, 0.25) is 0 Å². The second-order valence-corrected chi connectivity index (χ2v) is 4.86. The van der Waals surface area contributed by atoms with Gasteiger partial charge in [-0.15, -0.1) is 0 Å². The van der Waals surface area contributed by atoms with Crippen LogP contribution in [0.2, 0.25) is 0 Å². The van der Waals surface area contributed by atoms with Crippen LogP contribution < -0.4 is 10.6 Å². The second kappa shape index (κ2) is 6.16. The fourth-order valence-electron chi connectivity index (χ4n) is 1.94. The summed E-state index contributed by atoms with van der Waals surface area (Å²) in [7, 11) is 3.65. The van der Waals surface area contributed by atoms with Crippen LogP contribution in [0, 0.1) is 12.7 Å². The average Bonchev–Trinajstić information content (AvgIpc) is 2.31. The van der Waals surface area contributed by atoms with E-state index in [9.17, 15) is 4.39 Å². The zero-order valence-electron chi connectivity index (χ0n) is 11.8. The molecule has 4 heteroatoms. The van der Waals surface area contributed by atoms with Gasteiger partial charge in [0.25, 0.3) is 0 Å². The van der Waals surface area contributed by atoms with Crippen molar-refractivity contribution in [2.45, 2.75) is 32.9 Å². The summed E-state index contributed by atoms with van der Waals surface area (Å²) in [5, 5.41) is 0. The highest BCUT2D eigenvalue weighted by molar-refractivity contribution is 5.57. The van der Waals surface area contributed by atoms with Gasteiger partial charge in [0, 0.05) is 31.9 Å². The van der Waals surface area contributed by atoms with Crippen molar-refractivity contribution in [3.05, 3.63) is 29.1 Å². The Morgan fingerprint density at radius 1 is 1.39 bits per heavy atom. The summed E-state index contributed by atoms with van der Waals surface area (Å²) in [6.07, 6.45) is 0.